The topological polar surface area (TPSA) is 72.5 Å². The average Bonchev–Trinajstić information content (AvgIpc) is 2.52. The Bertz CT molecular complexity index is 599. The first-order valence-electron chi connectivity index (χ1n) is 6.56. The molecule has 0 radical (unpaired) electrons. The SMILES string of the molecule is O=C([O-])CCC(=O)N(Nc1ccccc1)c1ccccc1. The third-order valence-corrected chi connectivity index (χ3v) is 2.82. The molecule has 2 rings (SSSR count). The predicted molar refractivity (Wildman–Crippen MR) is 78.2 cm³/mol. The molecule has 2 aromatic carbocycles. The Balaban J connectivity index is 2.18. The van der Waals surface area contributed by atoms with E-state index >= 15 is 0 Å². The Morgan fingerprint density at radius 2 is 1.48 bits per heavy atom. The number of benzene rings is 2. The van der Waals surface area contributed by atoms with Crippen molar-refractivity contribution < 1.29 is 14.7 Å². The van der Waals surface area contributed by atoms with E-state index in [1.54, 1.807) is 24.3 Å². The number of carbonyl (C=O) groups excluding carboxylic acids is 2. The number of hydrogen-bond donors (Lipinski definition) is 1. The summed E-state index contributed by atoms with van der Waals surface area (Å²) in [6.45, 7) is 0. The fraction of sp³-hybridized carbons (Fsp3) is 0.125. The molecule has 21 heavy (non-hydrogen) atoms. The highest BCUT2D eigenvalue weighted by Gasteiger charge is 2.15. The number of aliphatic carboxylic acids is 1. The number of rotatable bonds is 6. The summed E-state index contributed by atoms with van der Waals surface area (Å²) in [7, 11) is 0. The first kappa shape index (κ1) is 14.6. The second-order valence-electron chi connectivity index (χ2n) is 4.41. The molecule has 2 aromatic rings. The largest absolute Gasteiger partial charge is 0.550 e. The highest BCUT2D eigenvalue weighted by molar-refractivity contribution is 5.96. The molecule has 0 aliphatic heterocycles. The van der Waals surface area contributed by atoms with E-state index in [-0.39, 0.29) is 18.7 Å². The fourth-order valence-electron chi connectivity index (χ4n) is 1.81. The van der Waals surface area contributed by atoms with Crippen molar-refractivity contribution in [2.24, 2.45) is 0 Å². The molecule has 0 bridgehead atoms. The maximum atomic E-state index is 12.2. The Kier molecular flexibility index (Phi) is 4.93. The normalized spacial score (nSPS) is 9.90. The molecule has 0 saturated heterocycles. The van der Waals surface area contributed by atoms with Gasteiger partial charge >= 0.3 is 0 Å². The lowest BCUT2D eigenvalue weighted by Crippen LogP contribution is -2.37. The first-order valence-corrected chi connectivity index (χ1v) is 6.56. The highest BCUT2D eigenvalue weighted by atomic mass is 16.4. The summed E-state index contributed by atoms with van der Waals surface area (Å²) in [4.78, 5) is 22.7. The minimum absolute atomic E-state index is 0.128. The summed E-state index contributed by atoms with van der Waals surface area (Å²) < 4.78 is 0. The van der Waals surface area contributed by atoms with Crippen molar-refractivity contribution in [3.05, 3.63) is 60.7 Å². The van der Waals surface area contributed by atoms with Gasteiger partial charge in [-0.1, -0.05) is 36.4 Å². The van der Waals surface area contributed by atoms with E-state index in [0.717, 1.165) is 5.69 Å². The van der Waals surface area contributed by atoms with Gasteiger partial charge in [-0.2, -0.15) is 0 Å². The van der Waals surface area contributed by atoms with Crippen molar-refractivity contribution in [2.75, 3.05) is 10.4 Å². The zero-order valence-corrected chi connectivity index (χ0v) is 11.4. The highest BCUT2D eigenvalue weighted by Crippen LogP contribution is 2.17. The summed E-state index contributed by atoms with van der Waals surface area (Å²) in [6, 6.07) is 18.2. The quantitative estimate of drug-likeness (QED) is 0.817. The number of carboxylic acids is 1. The van der Waals surface area contributed by atoms with Gasteiger partial charge in [0, 0.05) is 12.4 Å². The molecule has 5 heteroatoms. The minimum atomic E-state index is -1.24. The van der Waals surface area contributed by atoms with Crippen molar-refractivity contribution >= 4 is 23.3 Å². The monoisotopic (exact) mass is 283 g/mol. The Hall–Kier alpha value is -2.82. The predicted octanol–water partition coefficient (Wildman–Crippen LogP) is 1.58. The molecule has 0 unspecified atom stereocenters. The number of para-hydroxylation sites is 2. The van der Waals surface area contributed by atoms with Crippen LogP contribution in [-0.2, 0) is 9.59 Å². The van der Waals surface area contributed by atoms with Crippen LogP contribution in [0.2, 0.25) is 0 Å². The van der Waals surface area contributed by atoms with Crippen LogP contribution in [0.3, 0.4) is 0 Å². The average molecular weight is 283 g/mol. The van der Waals surface area contributed by atoms with Crippen molar-refractivity contribution in [3.8, 4) is 0 Å². The number of hydrazine groups is 1. The van der Waals surface area contributed by atoms with E-state index in [1.807, 2.05) is 36.4 Å². The number of amides is 1. The molecule has 0 aliphatic rings. The van der Waals surface area contributed by atoms with Crippen LogP contribution in [-0.4, -0.2) is 11.9 Å². The number of anilines is 2. The van der Waals surface area contributed by atoms with Crippen LogP contribution in [0.4, 0.5) is 11.4 Å². The lowest BCUT2D eigenvalue weighted by Gasteiger charge is -2.24. The molecule has 0 heterocycles. The third kappa shape index (κ3) is 4.35. The van der Waals surface area contributed by atoms with Gasteiger partial charge in [-0.3, -0.25) is 10.2 Å². The molecule has 0 aliphatic carbocycles. The molecule has 0 spiro atoms. The van der Waals surface area contributed by atoms with Crippen LogP contribution in [0.25, 0.3) is 0 Å². The third-order valence-electron chi connectivity index (χ3n) is 2.82. The van der Waals surface area contributed by atoms with Gasteiger partial charge in [-0.05, 0) is 30.7 Å². The maximum Gasteiger partial charge on any atom is 0.246 e. The van der Waals surface area contributed by atoms with Crippen LogP contribution in [0.1, 0.15) is 12.8 Å². The zero-order valence-electron chi connectivity index (χ0n) is 11.4. The lowest BCUT2D eigenvalue weighted by atomic mass is 10.2. The molecule has 0 atom stereocenters. The van der Waals surface area contributed by atoms with E-state index in [0.29, 0.717) is 5.69 Å². The smallest absolute Gasteiger partial charge is 0.246 e. The molecule has 108 valence electrons. The number of nitrogens with zero attached hydrogens (tertiary/aromatic N) is 1. The first-order chi connectivity index (χ1) is 10.2. The fourth-order valence-corrected chi connectivity index (χ4v) is 1.81. The van der Waals surface area contributed by atoms with Crippen LogP contribution in [0.5, 0.6) is 0 Å². The van der Waals surface area contributed by atoms with Gasteiger partial charge in [0.1, 0.15) is 0 Å². The van der Waals surface area contributed by atoms with Crippen LogP contribution >= 0.6 is 0 Å². The van der Waals surface area contributed by atoms with E-state index in [9.17, 15) is 14.7 Å². The molecule has 5 nitrogen and oxygen atoms in total. The molecule has 0 aromatic heterocycles. The minimum Gasteiger partial charge on any atom is -0.550 e. The van der Waals surface area contributed by atoms with Crippen LogP contribution < -0.4 is 15.5 Å². The summed E-state index contributed by atoms with van der Waals surface area (Å²) >= 11 is 0. The molecule has 1 amide bonds. The molecule has 0 saturated carbocycles. The van der Waals surface area contributed by atoms with Crippen molar-refractivity contribution in [1.29, 1.82) is 0 Å². The summed E-state index contributed by atoms with van der Waals surface area (Å²) in [5, 5.41) is 11.9. The molecular formula is C16H15N2O3-. The van der Waals surface area contributed by atoms with E-state index < -0.39 is 5.97 Å². The van der Waals surface area contributed by atoms with Gasteiger partial charge in [0.15, 0.2) is 0 Å². The number of nitrogens with one attached hydrogen (secondary N) is 1. The number of carbonyl (C=O) groups is 2. The van der Waals surface area contributed by atoms with Crippen LogP contribution in [0.15, 0.2) is 60.7 Å². The van der Waals surface area contributed by atoms with E-state index in [2.05, 4.69) is 5.43 Å². The molecule has 0 fully saturated rings. The number of carboxylic acid groups (broad SMARTS) is 1. The molecule has 1 N–H and O–H groups in total. The van der Waals surface area contributed by atoms with Crippen molar-refractivity contribution in [2.45, 2.75) is 12.8 Å². The summed E-state index contributed by atoms with van der Waals surface area (Å²) in [5.41, 5.74) is 4.37. The Morgan fingerprint density at radius 3 is 2.05 bits per heavy atom. The van der Waals surface area contributed by atoms with Gasteiger partial charge in [0.25, 0.3) is 0 Å². The van der Waals surface area contributed by atoms with Crippen LogP contribution in [0, 0.1) is 0 Å². The van der Waals surface area contributed by atoms with E-state index in [4.69, 9.17) is 0 Å². The summed E-state index contributed by atoms with van der Waals surface area (Å²) in [5.74, 6) is -1.58. The zero-order chi connectivity index (χ0) is 15.1. The van der Waals surface area contributed by atoms with E-state index in [1.165, 1.54) is 5.01 Å². The maximum absolute atomic E-state index is 12.2. The second kappa shape index (κ2) is 7.09. The van der Waals surface area contributed by atoms with Gasteiger partial charge in [0.05, 0.1) is 11.4 Å². The second-order valence-corrected chi connectivity index (χ2v) is 4.41. The number of hydrogen-bond acceptors (Lipinski definition) is 4. The van der Waals surface area contributed by atoms with Gasteiger partial charge < -0.3 is 9.90 Å². The summed E-state index contributed by atoms with van der Waals surface area (Å²) in [6.07, 6.45) is -0.435. The van der Waals surface area contributed by atoms with Gasteiger partial charge in [-0.25, -0.2) is 5.01 Å². The van der Waals surface area contributed by atoms with Crippen molar-refractivity contribution in [3.63, 3.8) is 0 Å². The standard InChI is InChI=1S/C16H16N2O3/c19-15(11-12-16(20)21)18(14-9-5-2-6-10-14)17-13-7-3-1-4-8-13/h1-10,17H,11-12H2,(H,20,21)/p-1. The molecular weight excluding hydrogens is 268 g/mol. The van der Waals surface area contributed by atoms with Crippen molar-refractivity contribution in [1.82, 2.24) is 0 Å². The van der Waals surface area contributed by atoms with Gasteiger partial charge in [-0.15, -0.1) is 0 Å². The lowest BCUT2D eigenvalue weighted by molar-refractivity contribution is -0.305. The van der Waals surface area contributed by atoms with Gasteiger partial charge in [0.2, 0.25) is 5.91 Å². The Labute approximate surface area is 122 Å². The Morgan fingerprint density at radius 1 is 0.905 bits per heavy atom.